The van der Waals surface area contributed by atoms with Crippen molar-refractivity contribution < 1.29 is 4.39 Å². The summed E-state index contributed by atoms with van der Waals surface area (Å²) in [6.07, 6.45) is 1.01. The molecule has 1 heterocycles. The lowest BCUT2D eigenvalue weighted by molar-refractivity contribution is 0.546. The van der Waals surface area contributed by atoms with E-state index < -0.39 is 0 Å². The van der Waals surface area contributed by atoms with E-state index in [-0.39, 0.29) is 11.9 Å². The Balaban J connectivity index is 2.44. The van der Waals surface area contributed by atoms with Crippen LogP contribution >= 0.6 is 43.2 Å². The number of aryl methyl sites for hydroxylation is 1. The van der Waals surface area contributed by atoms with Crippen molar-refractivity contribution in [2.45, 2.75) is 26.3 Å². The van der Waals surface area contributed by atoms with Gasteiger partial charge < -0.3 is 5.32 Å². The Morgan fingerprint density at radius 3 is 2.55 bits per heavy atom. The molecule has 0 aliphatic heterocycles. The molecule has 1 aromatic heterocycles. The Morgan fingerprint density at radius 2 is 2.00 bits per heavy atom. The second kappa shape index (κ2) is 7.16. The fourth-order valence-electron chi connectivity index (χ4n) is 2.16. The van der Waals surface area contributed by atoms with Gasteiger partial charge in [-0.2, -0.15) is 0 Å². The first-order valence-electron chi connectivity index (χ1n) is 6.47. The van der Waals surface area contributed by atoms with Crippen LogP contribution in [-0.2, 0) is 0 Å². The van der Waals surface area contributed by atoms with E-state index >= 15 is 0 Å². The molecule has 0 radical (unpaired) electrons. The minimum Gasteiger partial charge on any atom is -0.306 e. The third-order valence-electron chi connectivity index (χ3n) is 3.11. The third-order valence-corrected chi connectivity index (χ3v) is 5.17. The Labute approximate surface area is 139 Å². The molecule has 2 rings (SSSR count). The molecule has 0 spiro atoms. The normalized spacial score (nSPS) is 12.7. The van der Waals surface area contributed by atoms with Crippen LogP contribution in [0.25, 0.3) is 0 Å². The summed E-state index contributed by atoms with van der Waals surface area (Å²) in [7, 11) is 0. The molecule has 0 fully saturated rings. The monoisotopic (exact) mass is 419 g/mol. The van der Waals surface area contributed by atoms with Crippen molar-refractivity contribution in [3.8, 4) is 0 Å². The molecule has 108 valence electrons. The molecule has 20 heavy (non-hydrogen) atoms. The van der Waals surface area contributed by atoms with Crippen molar-refractivity contribution in [3.63, 3.8) is 0 Å². The molecular weight excluding hydrogens is 405 g/mol. The standard InChI is InChI=1S/C15H16Br2FNS/c1-3-6-19-15(12-8-14(17)20-9(12)2)11-5-4-10(16)7-13(11)18/h4-5,7-8,15,19H,3,6H2,1-2H3. The summed E-state index contributed by atoms with van der Waals surface area (Å²) in [4.78, 5) is 1.20. The highest BCUT2D eigenvalue weighted by Gasteiger charge is 2.21. The number of benzene rings is 1. The van der Waals surface area contributed by atoms with Crippen LogP contribution in [0.4, 0.5) is 4.39 Å². The van der Waals surface area contributed by atoms with Crippen LogP contribution in [0.15, 0.2) is 32.5 Å². The zero-order valence-corrected chi connectivity index (χ0v) is 15.3. The maximum Gasteiger partial charge on any atom is 0.129 e. The van der Waals surface area contributed by atoms with E-state index in [9.17, 15) is 4.39 Å². The highest BCUT2D eigenvalue weighted by molar-refractivity contribution is 9.11. The SMILES string of the molecule is CCCNC(c1ccc(Br)cc1F)c1cc(Br)sc1C. The second-order valence-corrected chi connectivity index (χ2v) is 8.17. The van der Waals surface area contributed by atoms with Crippen LogP contribution in [0, 0.1) is 12.7 Å². The molecule has 0 saturated heterocycles. The highest BCUT2D eigenvalue weighted by Crippen LogP contribution is 2.35. The van der Waals surface area contributed by atoms with E-state index in [0.29, 0.717) is 5.56 Å². The van der Waals surface area contributed by atoms with Gasteiger partial charge in [0, 0.05) is 14.9 Å². The first-order chi connectivity index (χ1) is 9.52. The summed E-state index contributed by atoms with van der Waals surface area (Å²) in [6.45, 7) is 5.04. The number of nitrogens with one attached hydrogen (secondary N) is 1. The van der Waals surface area contributed by atoms with E-state index in [1.54, 1.807) is 11.3 Å². The largest absolute Gasteiger partial charge is 0.306 e. The Kier molecular flexibility index (Phi) is 5.78. The van der Waals surface area contributed by atoms with Gasteiger partial charge in [0.25, 0.3) is 0 Å². The molecule has 1 unspecified atom stereocenters. The number of hydrogen-bond acceptors (Lipinski definition) is 2. The predicted octanol–water partition coefficient (Wildman–Crippen LogP) is 5.81. The lowest BCUT2D eigenvalue weighted by atomic mass is 9.99. The summed E-state index contributed by atoms with van der Waals surface area (Å²) in [5, 5.41) is 3.45. The highest BCUT2D eigenvalue weighted by atomic mass is 79.9. The molecule has 2 aromatic rings. The summed E-state index contributed by atoms with van der Waals surface area (Å²) in [6, 6.07) is 7.22. The second-order valence-electron chi connectivity index (χ2n) is 4.62. The average Bonchev–Trinajstić information content (AvgIpc) is 2.71. The van der Waals surface area contributed by atoms with Crippen LogP contribution in [0.5, 0.6) is 0 Å². The summed E-state index contributed by atoms with van der Waals surface area (Å²) >= 11 is 8.50. The van der Waals surface area contributed by atoms with Gasteiger partial charge in [0.15, 0.2) is 0 Å². The smallest absolute Gasteiger partial charge is 0.129 e. The van der Waals surface area contributed by atoms with Crippen LogP contribution in [0.1, 0.15) is 35.4 Å². The van der Waals surface area contributed by atoms with Gasteiger partial charge >= 0.3 is 0 Å². The fourth-order valence-corrected chi connectivity index (χ4v) is 4.24. The van der Waals surface area contributed by atoms with Gasteiger partial charge in [-0.15, -0.1) is 11.3 Å². The third kappa shape index (κ3) is 3.70. The topological polar surface area (TPSA) is 12.0 Å². The van der Waals surface area contributed by atoms with E-state index in [0.717, 1.165) is 26.8 Å². The lowest BCUT2D eigenvalue weighted by Crippen LogP contribution is -2.24. The van der Waals surface area contributed by atoms with Crippen molar-refractivity contribution in [1.29, 1.82) is 0 Å². The van der Waals surface area contributed by atoms with Crippen LogP contribution in [-0.4, -0.2) is 6.54 Å². The minimum absolute atomic E-state index is 0.106. The van der Waals surface area contributed by atoms with Crippen molar-refractivity contribution in [2.24, 2.45) is 0 Å². The van der Waals surface area contributed by atoms with Gasteiger partial charge in [-0.25, -0.2) is 4.39 Å². The first-order valence-corrected chi connectivity index (χ1v) is 8.87. The molecule has 0 aliphatic rings. The molecule has 1 nitrogen and oxygen atoms in total. The van der Waals surface area contributed by atoms with Crippen LogP contribution in [0.3, 0.4) is 0 Å². The molecule has 0 saturated carbocycles. The molecule has 1 atom stereocenters. The molecule has 5 heteroatoms. The molecular formula is C15H16Br2FNS. The fraction of sp³-hybridized carbons (Fsp3) is 0.333. The van der Waals surface area contributed by atoms with E-state index in [2.05, 4.69) is 57.1 Å². The van der Waals surface area contributed by atoms with E-state index in [1.807, 2.05) is 12.1 Å². The lowest BCUT2D eigenvalue weighted by Gasteiger charge is -2.20. The van der Waals surface area contributed by atoms with Gasteiger partial charge in [0.05, 0.1) is 9.83 Å². The van der Waals surface area contributed by atoms with Crippen molar-refractivity contribution >= 4 is 43.2 Å². The molecule has 0 bridgehead atoms. The quantitative estimate of drug-likeness (QED) is 0.643. The molecule has 1 aromatic carbocycles. The Morgan fingerprint density at radius 1 is 1.25 bits per heavy atom. The van der Waals surface area contributed by atoms with E-state index in [4.69, 9.17) is 0 Å². The molecule has 0 aliphatic carbocycles. The molecule has 1 N–H and O–H groups in total. The zero-order chi connectivity index (χ0) is 14.7. The number of hydrogen-bond donors (Lipinski definition) is 1. The maximum absolute atomic E-state index is 14.3. The average molecular weight is 421 g/mol. The van der Waals surface area contributed by atoms with Gasteiger partial charge in [0.2, 0.25) is 0 Å². The summed E-state index contributed by atoms with van der Waals surface area (Å²) < 4.78 is 16.1. The minimum atomic E-state index is -0.185. The summed E-state index contributed by atoms with van der Waals surface area (Å²) in [5.41, 5.74) is 1.83. The van der Waals surface area contributed by atoms with Crippen LogP contribution in [0.2, 0.25) is 0 Å². The summed E-state index contributed by atoms with van der Waals surface area (Å²) in [5.74, 6) is -0.185. The van der Waals surface area contributed by atoms with Crippen molar-refractivity contribution in [1.82, 2.24) is 5.32 Å². The number of rotatable bonds is 5. The zero-order valence-electron chi connectivity index (χ0n) is 11.3. The van der Waals surface area contributed by atoms with Gasteiger partial charge in [-0.3, -0.25) is 0 Å². The molecule has 0 amide bonds. The van der Waals surface area contributed by atoms with Gasteiger partial charge in [-0.1, -0.05) is 28.9 Å². The number of halogens is 3. The van der Waals surface area contributed by atoms with Crippen molar-refractivity contribution in [2.75, 3.05) is 6.54 Å². The first kappa shape index (κ1) is 16.1. The Hall–Kier alpha value is -0.230. The van der Waals surface area contributed by atoms with Crippen LogP contribution < -0.4 is 5.32 Å². The maximum atomic E-state index is 14.3. The van der Waals surface area contributed by atoms with Crippen molar-refractivity contribution in [3.05, 3.63) is 54.3 Å². The number of thiophene rings is 1. The van der Waals surface area contributed by atoms with Gasteiger partial charge in [-0.05, 0) is 59.6 Å². The Bertz CT molecular complexity index is 598. The predicted molar refractivity (Wildman–Crippen MR) is 91.0 cm³/mol. The van der Waals surface area contributed by atoms with E-state index in [1.165, 1.54) is 10.9 Å². The van der Waals surface area contributed by atoms with Gasteiger partial charge in [0.1, 0.15) is 5.82 Å².